The maximum absolute atomic E-state index is 11.6. The molecule has 0 aliphatic heterocycles. The number of methoxy groups -OCH3 is 1. The van der Waals surface area contributed by atoms with Gasteiger partial charge in [0.2, 0.25) is 0 Å². The quantitative estimate of drug-likeness (QED) is 0.447. The first-order valence-corrected chi connectivity index (χ1v) is 6.24. The molecule has 0 saturated heterocycles. The van der Waals surface area contributed by atoms with E-state index < -0.39 is 0 Å². The molecular weight excluding hydrogens is 240 g/mol. The summed E-state index contributed by atoms with van der Waals surface area (Å²) in [5.74, 6) is 4.82. The first kappa shape index (κ1) is 13.9. The van der Waals surface area contributed by atoms with Crippen molar-refractivity contribution >= 4 is 22.4 Å². The van der Waals surface area contributed by atoms with Gasteiger partial charge in [0, 0.05) is 20.2 Å². The zero-order valence-electron chi connectivity index (χ0n) is 10.3. The normalized spacial score (nSPS) is 10.4. The Kier molecular flexibility index (Phi) is 5.33. The van der Waals surface area contributed by atoms with Crippen LogP contribution in [0.4, 0.5) is 5.13 Å². The van der Waals surface area contributed by atoms with Crippen LogP contribution >= 0.6 is 11.3 Å². The van der Waals surface area contributed by atoms with Crippen LogP contribution in [0, 0.1) is 0 Å². The average Bonchev–Trinajstić information content (AvgIpc) is 2.74. The van der Waals surface area contributed by atoms with E-state index in [2.05, 4.69) is 15.3 Å². The molecule has 0 unspecified atom stereocenters. The van der Waals surface area contributed by atoms with Gasteiger partial charge >= 0.3 is 0 Å². The number of nitrogens with two attached hydrogens (primary N) is 1. The van der Waals surface area contributed by atoms with Crippen LogP contribution < -0.4 is 16.2 Å². The molecule has 1 rings (SSSR count). The molecule has 0 atom stereocenters. The minimum Gasteiger partial charge on any atom is -0.378 e. The molecule has 7 heteroatoms. The Hall–Kier alpha value is -1.18. The predicted molar refractivity (Wildman–Crippen MR) is 68.0 cm³/mol. The molecule has 17 heavy (non-hydrogen) atoms. The fraction of sp³-hybridized carbons (Fsp3) is 0.600. The number of ether oxygens (including phenoxy) is 1. The molecule has 6 nitrogen and oxygen atoms in total. The van der Waals surface area contributed by atoms with E-state index in [1.807, 2.05) is 13.8 Å². The second-order valence-electron chi connectivity index (χ2n) is 3.35. The maximum Gasteiger partial charge on any atom is 0.277 e. The molecule has 0 aliphatic rings. The maximum atomic E-state index is 11.6. The first-order valence-electron chi connectivity index (χ1n) is 5.42. The van der Waals surface area contributed by atoms with Gasteiger partial charge in [-0.25, -0.2) is 10.8 Å². The molecule has 1 aromatic heterocycles. The lowest BCUT2D eigenvalue weighted by molar-refractivity contribution is 0.0952. The van der Waals surface area contributed by atoms with Gasteiger partial charge in [0.25, 0.3) is 5.91 Å². The summed E-state index contributed by atoms with van der Waals surface area (Å²) in [6.07, 6.45) is 0. The van der Waals surface area contributed by atoms with Crippen LogP contribution in [-0.4, -0.2) is 31.1 Å². The number of hydrazine groups is 1. The van der Waals surface area contributed by atoms with Gasteiger partial charge in [0.05, 0.1) is 12.3 Å². The number of hydrogen-bond donors (Lipinski definition) is 2. The number of aromatic nitrogens is 1. The summed E-state index contributed by atoms with van der Waals surface area (Å²) >= 11 is 1.33. The molecule has 0 radical (unpaired) electrons. The zero-order chi connectivity index (χ0) is 12.8. The summed E-state index contributed by atoms with van der Waals surface area (Å²) < 4.78 is 5.03. The zero-order valence-corrected chi connectivity index (χ0v) is 11.1. The summed E-state index contributed by atoms with van der Waals surface area (Å²) in [6, 6.07) is 0. The molecule has 3 N–H and O–H groups in total. The van der Waals surface area contributed by atoms with Gasteiger partial charge in [-0.2, -0.15) is 0 Å². The van der Waals surface area contributed by atoms with E-state index in [0.29, 0.717) is 17.2 Å². The topological polar surface area (TPSA) is 80.5 Å². The van der Waals surface area contributed by atoms with Crippen LogP contribution in [0.15, 0.2) is 0 Å². The van der Waals surface area contributed by atoms with Gasteiger partial charge in [-0.05, 0) is 13.8 Å². The van der Waals surface area contributed by atoms with Crippen LogP contribution in [0.3, 0.4) is 0 Å². The van der Waals surface area contributed by atoms with Crippen molar-refractivity contribution in [3.05, 3.63) is 10.6 Å². The fourth-order valence-corrected chi connectivity index (χ4v) is 2.55. The largest absolute Gasteiger partial charge is 0.378 e. The molecule has 0 spiro atoms. The van der Waals surface area contributed by atoms with Crippen molar-refractivity contribution in [3.8, 4) is 0 Å². The van der Waals surface area contributed by atoms with Crippen molar-refractivity contribution in [3.63, 3.8) is 0 Å². The van der Waals surface area contributed by atoms with Gasteiger partial charge in [-0.15, -0.1) is 0 Å². The lowest BCUT2D eigenvalue weighted by Gasteiger charge is -2.16. The van der Waals surface area contributed by atoms with Gasteiger partial charge in [0.15, 0.2) is 5.13 Å². The number of anilines is 1. The summed E-state index contributed by atoms with van der Waals surface area (Å²) in [5, 5.41) is 0.820. The number of nitrogens with zero attached hydrogens (tertiary/aromatic N) is 2. The van der Waals surface area contributed by atoms with Gasteiger partial charge in [-0.3, -0.25) is 10.2 Å². The second kappa shape index (κ2) is 6.53. The van der Waals surface area contributed by atoms with E-state index in [0.717, 1.165) is 18.2 Å². The average molecular weight is 258 g/mol. The molecular formula is C10H18N4O2S. The summed E-state index contributed by atoms with van der Waals surface area (Å²) in [6.45, 7) is 6.09. The van der Waals surface area contributed by atoms with Crippen molar-refractivity contribution in [2.75, 3.05) is 25.1 Å². The standard InChI is InChI=1S/C10H18N4O2S/c1-4-14(5-2)10-12-7(6-16-3)8(17-10)9(15)13-11/h4-6,11H2,1-3H3,(H,13,15). The van der Waals surface area contributed by atoms with Crippen LogP contribution in [0.2, 0.25) is 0 Å². The van der Waals surface area contributed by atoms with Gasteiger partial charge < -0.3 is 9.64 Å². The highest BCUT2D eigenvalue weighted by molar-refractivity contribution is 7.17. The summed E-state index contributed by atoms with van der Waals surface area (Å²) in [7, 11) is 1.57. The molecule has 0 bridgehead atoms. The number of carbonyl (C=O) groups is 1. The number of hydrogen-bond acceptors (Lipinski definition) is 6. The molecule has 1 heterocycles. The van der Waals surface area contributed by atoms with Crippen LogP contribution in [-0.2, 0) is 11.3 Å². The van der Waals surface area contributed by atoms with E-state index in [1.165, 1.54) is 11.3 Å². The number of nitrogens with one attached hydrogen (secondary N) is 1. The third kappa shape index (κ3) is 3.15. The molecule has 0 saturated carbocycles. The lowest BCUT2D eigenvalue weighted by atomic mass is 10.3. The summed E-state index contributed by atoms with van der Waals surface area (Å²) in [4.78, 5) is 18.6. The Labute approximate surface area is 105 Å². The third-order valence-corrected chi connectivity index (χ3v) is 3.50. The minimum atomic E-state index is -0.326. The Balaban J connectivity index is 3.06. The van der Waals surface area contributed by atoms with E-state index in [-0.39, 0.29) is 5.91 Å². The van der Waals surface area contributed by atoms with E-state index in [1.54, 1.807) is 7.11 Å². The van der Waals surface area contributed by atoms with E-state index in [4.69, 9.17) is 10.6 Å². The van der Waals surface area contributed by atoms with Crippen molar-refractivity contribution in [1.29, 1.82) is 0 Å². The Morgan fingerprint density at radius 2 is 2.18 bits per heavy atom. The highest BCUT2D eigenvalue weighted by Gasteiger charge is 2.19. The highest BCUT2D eigenvalue weighted by atomic mass is 32.1. The van der Waals surface area contributed by atoms with E-state index in [9.17, 15) is 4.79 Å². The minimum absolute atomic E-state index is 0.306. The second-order valence-corrected chi connectivity index (χ2v) is 4.33. The Morgan fingerprint density at radius 3 is 2.65 bits per heavy atom. The number of carbonyl (C=O) groups excluding carboxylic acids is 1. The number of thiazole rings is 1. The van der Waals surface area contributed by atoms with Crippen molar-refractivity contribution < 1.29 is 9.53 Å². The Bertz CT molecular complexity index is 376. The highest BCUT2D eigenvalue weighted by Crippen LogP contribution is 2.26. The van der Waals surface area contributed by atoms with Gasteiger partial charge in [-0.1, -0.05) is 11.3 Å². The molecule has 0 aliphatic carbocycles. The molecule has 1 aromatic rings. The first-order chi connectivity index (χ1) is 8.17. The molecule has 0 fully saturated rings. The molecule has 1 amide bonds. The fourth-order valence-electron chi connectivity index (χ4n) is 1.45. The van der Waals surface area contributed by atoms with Gasteiger partial charge in [0.1, 0.15) is 4.88 Å². The number of amides is 1. The van der Waals surface area contributed by atoms with Crippen molar-refractivity contribution in [1.82, 2.24) is 10.4 Å². The Morgan fingerprint density at radius 1 is 1.53 bits per heavy atom. The van der Waals surface area contributed by atoms with Crippen molar-refractivity contribution in [2.45, 2.75) is 20.5 Å². The third-order valence-electron chi connectivity index (χ3n) is 2.34. The predicted octanol–water partition coefficient (Wildman–Crippen LogP) is 0.739. The van der Waals surface area contributed by atoms with Crippen LogP contribution in [0.25, 0.3) is 0 Å². The smallest absolute Gasteiger partial charge is 0.277 e. The van der Waals surface area contributed by atoms with E-state index >= 15 is 0 Å². The lowest BCUT2D eigenvalue weighted by Crippen LogP contribution is -2.30. The number of nitrogen functional groups attached to an aromatic ring is 1. The number of rotatable bonds is 6. The van der Waals surface area contributed by atoms with Crippen LogP contribution in [0.1, 0.15) is 29.2 Å². The SMILES string of the molecule is CCN(CC)c1nc(COC)c(C(=O)NN)s1. The van der Waals surface area contributed by atoms with Crippen LogP contribution in [0.5, 0.6) is 0 Å². The monoisotopic (exact) mass is 258 g/mol. The molecule has 96 valence electrons. The molecule has 0 aromatic carbocycles. The van der Waals surface area contributed by atoms with Crippen molar-refractivity contribution in [2.24, 2.45) is 5.84 Å². The summed E-state index contributed by atoms with van der Waals surface area (Å²) in [5.41, 5.74) is 2.75.